The Morgan fingerprint density at radius 1 is 1.38 bits per heavy atom. The molecule has 88 valence electrons. The van der Waals surface area contributed by atoms with Crippen molar-refractivity contribution in [1.29, 1.82) is 0 Å². The molecule has 0 radical (unpaired) electrons. The summed E-state index contributed by atoms with van der Waals surface area (Å²) in [4.78, 5) is 22.9. The van der Waals surface area contributed by atoms with E-state index >= 15 is 0 Å². The normalized spacial score (nSPS) is 21.8. The van der Waals surface area contributed by atoms with Crippen molar-refractivity contribution in [1.82, 2.24) is 0 Å². The fourth-order valence-electron chi connectivity index (χ4n) is 1.38. The lowest BCUT2D eigenvalue weighted by atomic mass is 9.93. The van der Waals surface area contributed by atoms with Crippen molar-refractivity contribution >= 4 is 35.0 Å². The predicted octanol–water partition coefficient (Wildman–Crippen LogP) is 2.42. The monoisotopic (exact) mass is 262 g/mol. The molecule has 16 heavy (non-hydrogen) atoms. The third-order valence-electron chi connectivity index (χ3n) is 2.12. The van der Waals surface area contributed by atoms with Crippen LogP contribution in [0.2, 0.25) is 0 Å². The molecule has 0 heterocycles. The largest absolute Gasteiger partial charge is 0.466 e. The third-order valence-corrected chi connectivity index (χ3v) is 2.84. The SMILES string of the molecule is CCOC(=O)CC(=O)C1C=CC=CC1(Cl)Cl. The number of carbonyl (C=O) groups is 2. The zero-order chi connectivity index (χ0) is 12.2. The Morgan fingerprint density at radius 3 is 2.62 bits per heavy atom. The van der Waals surface area contributed by atoms with Crippen molar-refractivity contribution in [3.05, 3.63) is 24.3 Å². The number of hydrogen-bond donors (Lipinski definition) is 0. The first-order valence-electron chi connectivity index (χ1n) is 4.89. The van der Waals surface area contributed by atoms with Gasteiger partial charge in [0, 0.05) is 0 Å². The van der Waals surface area contributed by atoms with Gasteiger partial charge in [0.25, 0.3) is 0 Å². The standard InChI is InChI=1S/C11H12Cl2O3/c1-2-16-10(15)7-9(14)8-5-3-4-6-11(8,12)13/h3-6,8H,2,7H2,1H3. The molecule has 0 aromatic rings. The van der Waals surface area contributed by atoms with Crippen LogP contribution in [-0.2, 0) is 14.3 Å². The minimum Gasteiger partial charge on any atom is -0.466 e. The van der Waals surface area contributed by atoms with E-state index in [9.17, 15) is 9.59 Å². The highest BCUT2D eigenvalue weighted by Gasteiger charge is 2.37. The van der Waals surface area contributed by atoms with E-state index in [0.29, 0.717) is 0 Å². The van der Waals surface area contributed by atoms with Gasteiger partial charge in [-0.1, -0.05) is 41.4 Å². The molecular formula is C11H12Cl2O3. The summed E-state index contributed by atoms with van der Waals surface area (Å²) >= 11 is 11.9. The topological polar surface area (TPSA) is 43.4 Å². The quantitative estimate of drug-likeness (QED) is 0.444. The maximum Gasteiger partial charge on any atom is 0.313 e. The number of hydrogen-bond acceptors (Lipinski definition) is 3. The molecule has 1 rings (SSSR count). The number of carbonyl (C=O) groups excluding carboxylic acids is 2. The fraction of sp³-hybridized carbons (Fsp3) is 0.455. The first kappa shape index (κ1) is 13.3. The summed E-state index contributed by atoms with van der Waals surface area (Å²) in [5.41, 5.74) is 0. The highest BCUT2D eigenvalue weighted by Crippen LogP contribution is 2.36. The van der Waals surface area contributed by atoms with Gasteiger partial charge in [0.05, 0.1) is 12.5 Å². The Bertz CT molecular complexity index is 345. The number of ketones is 1. The van der Waals surface area contributed by atoms with E-state index in [4.69, 9.17) is 23.2 Å². The first-order chi connectivity index (χ1) is 7.47. The number of Topliss-reactive ketones (excluding diaryl/α,β-unsaturated/α-hetero) is 1. The molecule has 5 heteroatoms. The van der Waals surface area contributed by atoms with Crippen molar-refractivity contribution in [3.63, 3.8) is 0 Å². The molecule has 0 aliphatic heterocycles. The van der Waals surface area contributed by atoms with Crippen LogP contribution < -0.4 is 0 Å². The number of ether oxygens (including phenoxy) is 1. The van der Waals surface area contributed by atoms with Gasteiger partial charge in [-0.15, -0.1) is 0 Å². The molecule has 1 aliphatic rings. The van der Waals surface area contributed by atoms with Crippen LogP contribution in [0.3, 0.4) is 0 Å². The Kier molecular flexibility index (Phi) is 4.56. The molecule has 0 fully saturated rings. The molecule has 0 aromatic heterocycles. The third kappa shape index (κ3) is 3.35. The van der Waals surface area contributed by atoms with Gasteiger partial charge in [0.15, 0.2) is 5.78 Å². The number of halogens is 2. The maximum atomic E-state index is 11.7. The van der Waals surface area contributed by atoms with E-state index in [1.165, 1.54) is 6.08 Å². The zero-order valence-corrected chi connectivity index (χ0v) is 10.3. The van der Waals surface area contributed by atoms with Gasteiger partial charge in [-0.25, -0.2) is 0 Å². The van der Waals surface area contributed by atoms with Gasteiger partial charge in [-0.3, -0.25) is 9.59 Å². The average Bonchev–Trinajstić information content (AvgIpc) is 2.16. The molecule has 1 unspecified atom stereocenters. The molecule has 0 bridgehead atoms. The molecule has 0 saturated heterocycles. The van der Waals surface area contributed by atoms with Gasteiger partial charge in [0.2, 0.25) is 0 Å². The van der Waals surface area contributed by atoms with Crippen molar-refractivity contribution in [2.75, 3.05) is 6.61 Å². The zero-order valence-electron chi connectivity index (χ0n) is 8.78. The maximum absolute atomic E-state index is 11.7. The second-order valence-corrected chi connectivity index (χ2v) is 4.79. The van der Waals surface area contributed by atoms with Crippen LogP contribution in [0.5, 0.6) is 0 Å². The van der Waals surface area contributed by atoms with Crippen molar-refractivity contribution in [2.45, 2.75) is 17.7 Å². The van der Waals surface area contributed by atoms with Crippen LogP contribution in [0, 0.1) is 5.92 Å². The average molecular weight is 263 g/mol. The molecule has 0 aromatic carbocycles. The van der Waals surface area contributed by atoms with Crippen LogP contribution in [0.4, 0.5) is 0 Å². The molecular weight excluding hydrogens is 251 g/mol. The molecule has 1 atom stereocenters. The summed E-state index contributed by atoms with van der Waals surface area (Å²) < 4.78 is 3.40. The van der Waals surface area contributed by atoms with Gasteiger partial charge in [-0.2, -0.15) is 0 Å². The Labute approximate surface area is 104 Å². The van der Waals surface area contributed by atoms with E-state index in [1.807, 2.05) is 0 Å². The second-order valence-electron chi connectivity index (χ2n) is 3.34. The molecule has 3 nitrogen and oxygen atoms in total. The number of alkyl halides is 2. The lowest BCUT2D eigenvalue weighted by Crippen LogP contribution is -2.32. The van der Waals surface area contributed by atoms with E-state index < -0.39 is 16.2 Å². The summed E-state index contributed by atoms with van der Waals surface area (Å²) in [7, 11) is 0. The van der Waals surface area contributed by atoms with E-state index in [-0.39, 0.29) is 18.8 Å². The minimum absolute atomic E-state index is 0.249. The Morgan fingerprint density at radius 2 is 2.06 bits per heavy atom. The second kappa shape index (κ2) is 5.51. The fourth-order valence-corrected chi connectivity index (χ4v) is 1.91. The van der Waals surface area contributed by atoms with Crippen LogP contribution in [0.15, 0.2) is 24.3 Å². The van der Waals surface area contributed by atoms with Crippen molar-refractivity contribution < 1.29 is 14.3 Å². The van der Waals surface area contributed by atoms with E-state index in [1.54, 1.807) is 25.2 Å². The Balaban J connectivity index is 2.64. The summed E-state index contributed by atoms with van der Waals surface area (Å²) in [6.45, 7) is 1.93. The number of allylic oxidation sites excluding steroid dienone is 4. The summed E-state index contributed by atoms with van der Waals surface area (Å²) in [6.07, 6.45) is 6.13. The van der Waals surface area contributed by atoms with Gasteiger partial charge in [0.1, 0.15) is 10.8 Å². The van der Waals surface area contributed by atoms with E-state index in [0.717, 1.165) is 0 Å². The number of rotatable bonds is 4. The van der Waals surface area contributed by atoms with Gasteiger partial charge < -0.3 is 4.74 Å². The molecule has 0 spiro atoms. The number of esters is 1. The Hall–Kier alpha value is -0.800. The molecule has 0 amide bonds. The van der Waals surface area contributed by atoms with Crippen LogP contribution in [0.25, 0.3) is 0 Å². The molecule has 0 saturated carbocycles. The van der Waals surface area contributed by atoms with Crippen molar-refractivity contribution in [3.8, 4) is 0 Å². The lowest BCUT2D eigenvalue weighted by molar-refractivity contribution is -0.146. The van der Waals surface area contributed by atoms with Crippen LogP contribution in [0.1, 0.15) is 13.3 Å². The van der Waals surface area contributed by atoms with Crippen molar-refractivity contribution in [2.24, 2.45) is 5.92 Å². The van der Waals surface area contributed by atoms with Gasteiger partial charge >= 0.3 is 5.97 Å². The highest BCUT2D eigenvalue weighted by atomic mass is 35.5. The summed E-state index contributed by atoms with van der Waals surface area (Å²) in [5.74, 6) is -1.60. The molecule has 1 aliphatic carbocycles. The summed E-state index contributed by atoms with van der Waals surface area (Å²) in [5, 5.41) is 0. The summed E-state index contributed by atoms with van der Waals surface area (Å²) in [6, 6.07) is 0. The minimum atomic E-state index is -1.28. The first-order valence-corrected chi connectivity index (χ1v) is 5.65. The van der Waals surface area contributed by atoms with Crippen LogP contribution in [-0.4, -0.2) is 22.7 Å². The van der Waals surface area contributed by atoms with Gasteiger partial charge in [-0.05, 0) is 13.0 Å². The highest BCUT2D eigenvalue weighted by molar-refractivity contribution is 6.51. The van der Waals surface area contributed by atoms with E-state index in [2.05, 4.69) is 4.74 Å². The van der Waals surface area contributed by atoms with Crippen LogP contribution >= 0.6 is 23.2 Å². The lowest BCUT2D eigenvalue weighted by Gasteiger charge is -2.25. The smallest absolute Gasteiger partial charge is 0.313 e. The predicted molar refractivity (Wildman–Crippen MR) is 62.5 cm³/mol. The molecule has 0 N–H and O–H groups in total.